The predicted octanol–water partition coefficient (Wildman–Crippen LogP) is 4.02. The van der Waals surface area contributed by atoms with E-state index < -0.39 is 10.0 Å². The Bertz CT molecular complexity index is 1170. The average molecular weight is 498 g/mol. The van der Waals surface area contributed by atoms with Crippen molar-refractivity contribution >= 4 is 27.5 Å². The minimum atomic E-state index is -3.55. The molecular formula is C27H35N3O4S. The number of carbonyl (C=O) groups excluding carboxylic acids is 2. The van der Waals surface area contributed by atoms with Crippen LogP contribution < -0.4 is 10.6 Å². The minimum Gasteiger partial charge on any atom is -0.352 e. The first kappa shape index (κ1) is 25.4. The summed E-state index contributed by atoms with van der Waals surface area (Å²) in [5.41, 5.74) is 4.04. The van der Waals surface area contributed by atoms with Crippen molar-refractivity contribution in [2.24, 2.45) is 5.92 Å². The Labute approximate surface area is 208 Å². The molecule has 0 bridgehead atoms. The van der Waals surface area contributed by atoms with E-state index in [0.717, 1.165) is 48.9 Å². The van der Waals surface area contributed by atoms with E-state index in [9.17, 15) is 18.0 Å². The van der Waals surface area contributed by atoms with Gasteiger partial charge in [0.25, 0.3) is 0 Å². The number of nitrogens with one attached hydrogen (secondary N) is 2. The van der Waals surface area contributed by atoms with Crippen LogP contribution in [0.2, 0.25) is 0 Å². The summed E-state index contributed by atoms with van der Waals surface area (Å²) in [5, 5.41) is 5.84. The van der Waals surface area contributed by atoms with Gasteiger partial charge in [0.05, 0.1) is 4.90 Å². The fourth-order valence-electron chi connectivity index (χ4n) is 4.92. The number of benzene rings is 2. The van der Waals surface area contributed by atoms with E-state index in [1.54, 1.807) is 6.07 Å². The van der Waals surface area contributed by atoms with Crippen LogP contribution in [0.25, 0.3) is 0 Å². The number of nitrogens with zero attached hydrogens (tertiary/aromatic N) is 1. The molecule has 2 amide bonds. The number of carbonyl (C=O) groups is 2. The van der Waals surface area contributed by atoms with Crippen molar-refractivity contribution in [1.82, 2.24) is 9.62 Å². The number of sulfonamides is 1. The summed E-state index contributed by atoms with van der Waals surface area (Å²) >= 11 is 0. The topological polar surface area (TPSA) is 95.6 Å². The second-order valence-corrected chi connectivity index (χ2v) is 11.5. The zero-order valence-corrected chi connectivity index (χ0v) is 21.2. The molecule has 188 valence electrons. The molecule has 8 heteroatoms. The van der Waals surface area contributed by atoms with Crippen LogP contribution >= 0.6 is 0 Å². The summed E-state index contributed by atoms with van der Waals surface area (Å²) in [6.45, 7) is 3.01. The lowest BCUT2D eigenvalue weighted by molar-refractivity contribution is -0.126. The highest BCUT2D eigenvalue weighted by molar-refractivity contribution is 7.89. The minimum absolute atomic E-state index is 0.0224. The number of anilines is 1. The van der Waals surface area contributed by atoms with Crippen molar-refractivity contribution in [2.45, 2.75) is 69.7 Å². The van der Waals surface area contributed by atoms with Gasteiger partial charge in [-0.1, -0.05) is 25.1 Å². The van der Waals surface area contributed by atoms with E-state index in [1.807, 2.05) is 43.3 Å². The lowest BCUT2D eigenvalue weighted by Crippen LogP contribution is -2.42. The molecule has 0 saturated carbocycles. The molecule has 1 saturated heterocycles. The lowest BCUT2D eigenvalue weighted by atomic mass is 9.92. The zero-order chi connectivity index (χ0) is 24.8. The summed E-state index contributed by atoms with van der Waals surface area (Å²) < 4.78 is 27.9. The SMILES string of the molecule is CCCC(=O)Nc1cccc(CNC(=O)C2CCN(S(=O)(=O)c3ccc4c(c3)CCCC4)CC2)c1. The first-order chi connectivity index (χ1) is 16.9. The van der Waals surface area contributed by atoms with E-state index in [0.29, 0.717) is 43.8 Å². The van der Waals surface area contributed by atoms with E-state index in [4.69, 9.17) is 0 Å². The van der Waals surface area contributed by atoms with Crippen molar-refractivity contribution in [3.05, 3.63) is 59.2 Å². The molecule has 1 aliphatic carbocycles. The summed E-state index contributed by atoms with van der Waals surface area (Å²) in [5.74, 6) is -0.292. The van der Waals surface area contributed by atoms with Gasteiger partial charge < -0.3 is 10.6 Å². The summed E-state index contributed by atoms with van der Waals surface area (Å²) in [6, 6.07) is 13.0. The largest absolute Gasteiger partial charge is 0.352 e. The Morgan fingerprint density at radius 2 is 1.74 bits per heavy atom. The molecule has 0 aromatic heterocycles. The van der Waals surface area contributed by atoms with Gasteiger partial charge in [-0.05, 0) is 85.9 Å². The van der Waals surface area contributed by atoms with Gasteiger partial charge in [0, 0.05) is 37.7 Å². The number of hydrogen-bond donors (Lipinski definition) is 2. The van der Waals surface area contributed by atoms with Gasteiger partial charge in [-0.15, -0.1) is 0 Å². The first-order valence-electron chi connectivity index (χ1n) is 12.7. The molecule has 7 nitrogen and oxygen atoms in total. The van der Waals surface area contributed by atoms with E-state index in [1.165, 1.54) is 9.87 Å². The van der Waals surface area contributed by atoms with Crippen LogP contribution in [0.5, 0.6) is 0 Å². The Balaban J connectivity index is 1.29. The number of aryl methyl sites for hydroxylation is 2. The third kappa shape index (κ3) is 6.30. The van der Waals surface area contributed by atoms with Gasteiger partial charge in [-0.25, -0.2) is 8.42 Å². The van der Waals surface area contributed by atoms with E-state index in [2.05, 4.69) is 10.6 Å². The smallest absolute Gasteiger partial charge is 0.243 e. The molecule has 0 spiro atoms. The quantitative estimate of drug-likeness (QED) is 0.576. The molecule has 2 aromatic rings. The second-order valence-electron chi connectivity index (χ2n) is 9.53. The van der Waals surface area contributed by atoms with Crippen molar-refractivity contribution in [1.29, 1.82) is 0 Å². The van der Waals surface area contributed by atoms with Gasteiger partial charge in [0.15, 0.2) is 0 Å². The Morgan fingerprint density at radius 1 is 1.00 bits per heavy atom. The van der Waals surface area contributed by atoms with Crippen molar-refractivity contribution in [3.8, 4) is 0 Å². The highest BCUT2D eigenvalue weighted by Gasteiger charge is 2.32. The monoisotopic (exact) mass is 497 g/mol. The van der Waals surface area contributed by atoms with Gasteiger partial charge in [0.1, 0.15) is 0 Å². The molecule has 0 unspecified atom stereocenters. The molecular weight excluding hydrogens is 462 g/mol. The maximum Gasteiger partial charge on any atom is 0.243 e. The van der Waals surface area contributed by atoms with Crippen LogP contribution in [-0.4, -0.2) is 37.6 Å². The third-order valence-electron chi connectivity index (χ3n) is 6.94. The standard InChI is InChI=1S/C27H35N3O4S/c1-2-6-26(31)29-24-10-5-7-20(17-24)19-28-27(32)22-13-15-30(16-14-22)35(33,34)25-12-11-21-8-3-4-9-23(21)18-25/h5,7,10-12,17-18,22H,2-4,6,8-9,13-16,19H2,1H3,(H,28,32)(H,29,31). The Morgan fingerprint density at radius 3 is 2.49 bits per heavy atom. The van der Waals surface area contributed by atoms with Crippen LogP contribution in [0.4, 0.5) is 5.69 Å². The molecule has 35 heavy (non-hydrogen) atoms. The fourth-order valence-corrected chi connectivity index (χ4v) is 6.44. The third-order valence-corrected chi connectivity index (χ3v) is 8.83. The Kier molecular flexibility index (Phi) is 8.23. The fraction of sp³-hybridized carbons (Fsp3) is 0.481. The molecule has 1 aliphatic heterocycles. The molecule has 1 heterocycles. The van der Waals surface area contributed by atoms with Crippen LogP contribution in [0, 0.1) is 5.92 Å². The number of rotatable bonds is 8. The van der Waals surface area contributed by atoms with E-state index in [-0.39, 0.29) is 17.7 Å². The maximum atomic E-state index is 13.2. The van der Waals surface area contributed by atoms with E-state index >= 15 is 0 Å². The van der Waals surface area contributed by atoms with Gasteiger partial charge in [0.2, 0.25) is 21.8 Å². The molecule has 2 aromatic carbocycles. The van der Waals surface area contributed by atoms with Crippen LogP contribution in [0.15, 0.2) is 47.4 Å². The van der Waals surface area contributed by atoms with Gasteiger partial charge in [-0.3, -0.25) is 9.59 Å². The summed E-state index contributed by atoms with van der Waals surface area (Å²) in [4.78, 5) is 24.9. The average Bonchev–Trinajstić information content (AvgIpc) is 2.87. The second kappa shape index (κ2) is 11.4. The van der Waals surface area contributed by atoms with Crippen molar-refractivity contribution < 1.29 is 18.0 Å². The maximum absolute atomic E-state index is 13.2. The van der Waals surface area contributed by atoms with Crippen molar-refractivity contribution in [3.63, 3.8) is 0 Å². The molecule has 2 N–H and O–H groups in total. The van der Waals surface area contributed by atoms with Gasteiger partial charge >= 0.3 is 0 Å². The first-order valence-corrected chi connectivity index (χ1v) is 14.1. The number of amides is 2. The number of piperidine rings is 1. The van der Waals surface area contributed by atoms with Crippen LogP contribution in [0.3, 0.4) is 0 Å². The summed E-state index contributed by atoms with van der Waals surface area (Å²) in [6.07, 6.45) is 6.50. The molecule has 1 fully saturated rings. The van der Waals surface area contributed by atoms with Crippen LogP contribution in [0.1, 0.15) is 62.1 Å². The molecule has 2 aliphatic rings. The summed E-state index contributed by atoms with van der Waals surface area (Å²) in [7, 11) is -3.55. The molecule has 0 atom stereocenters. The molecule has 4 rings (SSSR count). The highest BCUT2D eigenvalue weighted by Crippen LogP contribution is 2.28. The van der Waals surface area contributed by atoms with Crippen LogP contribution in [-0.2, 0) is 39.0 Å². The number of fused-ring (bicyclic) bond motifs is 1. The lowest BCUT2D eigenvalue weighted by Gasteiger charge is -2.31. The molecule has 0 radical (unpaired) electrons. The van der Waals surface area contributed by atoms with Crippen molar-refractivity contribution in [2.75, 3.05) is 18.4 Å². The predicted molar refractivity (Wildman–Crippen MR) is 136 cm³/mol. The zero-order valence-electron chi connectivity index (χ0n) is 20.4. The number of hydrogen-bond acceptors (Lipinski definition) is 4. The Hall–Kier alpha value is -2.71. The highest BCUT2D eigenvalue weighted by atomic mass is 32.2. The van der Waals surface area contributed by atoms with Gasteiger partial charge in [-0.2, -0.15) is 4.31 Å². The normalized spacial score (nSPS) is 16.9.